The number of ether oxygens (including phenoxy) is 1. The second-order valence-electron chi connectivity index (χ2n) is 5.77. The summed E-state index contributed by atoms with van der Waals surface area (Å²) in [5.74, 6) is 0.128. The number of carbonyl (C=O) groups is 1. The number of aryl methyl sites for hydroxylation is 3. The van der Waals surface area contributed by atoms with Gasteiger partial charge in [0.15, 0.2) is 11.6 Å². The Morgan fingerprint density at radius 1 is 1.04 bits per heavy atom. The van der Waals surface area contributed by atoms with Crippen molar-refractivity contribution in [2.75, 3.05) is 0 Å². The van der Waals surface area contributed by atoms with Crippen LogP contribution in [0.4, 0.5) is 0 Å². The fraction of sp³-hybridized carbons (Fsp3) is 0.200. The molecule has 0 saturated carbocycles. The largest absolute Gasteiger partial charge is 0.407 e. The molecule has 2 aromatic rings. The van der Waals surface area contributed by atoms with Crippen LogP contribution in [0.3, 0.4) is 0 Å². The van der Waals surface area contributed by atoms with Gasteiger partial charge in [0.1, 0.15) is 0 Å². The molecule has 1 aliphatic heterocycles. The average Bonchev–Trinajstić information content (AvgIpc) is 2.87. The molecule has 1 aliphatic rings. The van der Waals surface area contributed by atoms with E-state index in [1.807, 2.05) is 43.3 Å². The lowest BCUT2D eigenvalue weighted by atomic mass is 10.0. The van der Waals surface area contributed by atoms with Crippen LogP contribution < -0.4 is 0 Å². The Kier molecular flexibility index (Phi) is 4.38. The fourth-order valence-corrected chi connectivity index (χ4v) is 2.61. The number of nitrogens with zero attached hydrogens (tertiary/aromatic N) is 1. The van der Waals surface area contributed by atoms with Gasteiger partial charge in [-0.3, -0.25) is 0 Å². The minimum Gasteiger partial charge on any atom is -0.407 e. The Labute approximate surface area is 136 Å². The average molecular weight is 305 g/mol. The zero-order valence-electron chi connectivity index (χ0n) is 13.4. The highest BCUT2D eigenvalue weighted by molar-refractivity contribution is 6.07. The molecule has 0 aliphatic carbocycles. The minimum atomic E-state index is -0.369. The third kappa shape index (κ3) is 3.75. The number of benzene rings is 2. The van der Waals surface area contributed by atoms with E-state index in [0.717, 1.165) is 17.5 Å². The Morgan fingerprint density at radius 3 is 2.65 bits per heavy atom. The minimum absolute atomic E-state index is 0.369. The number of cyclic esters (lactones) is 1. The Bertz CT molecular complexity index is 803. The number of carbonyl (C=O) groups excluding carboxylic acids is 1. The first-order valence-corrected chi connectivity index (χ1v) is 7.74. The molecule has 1 heterocycles. The molecule has 3 heteroatoms. The zero-order chi connectivity index (χ0) is 16.2. The van der Waals surface area contributed by atoms with Gasteiger partial charge >= 0.3 is 5.97 Å². The van der Waals surface area contributed by atoms with Gasteiger partial charge in [0.05, 0.1) is 0 Å². The van der Waals surface area contributed by atoms with Gasteiger partial charge < -0.3 is 4.74 Å². The number of esters is 1. The smallest absolute Gasteiger partial charge is 0.363 e. The van der Waals surface area contributed by atoms with Crippen LogP contribution in [0.5, 0.6) is 0 Å². The maximum atomic E-state index is 11.9. The summed E-state index contributed by atoms with van der Waals surface area (Å²) in [6.07, 6.45) is 3.22. The third-order valence-electron chi connectivity index (χ3n) is 3.88. The van der Waals surface area contributed by atoms with Crippen LogP contribution in [-0.4, -0.2) is 11.9 Å². The van der Waals surface area contributed by atoms with Crippen LogP contribution in [0.25, 0.3) is 6.08 Å². The molecule has 0 amide bonds. The molecule has 0 saturated heterocycles. The van der Waals surface area contributed by atoms with E-state index in [1.54, 1.807) is 6.08 Å². The quantitative estimate of drug-likeness (QED) is 0.626. The summed E-state index contributed by atoms with van der Waals surface area (Å²) in [6.45, 7) is 4.10. The van der Waals surface area contributed by atoms with E-state index in [9.17, 15) is 4.79 Å². The van der Waals surface area contributed by atoms with Gasteiger partial charge in [-0.15, -0.1) is 0 Å². The van der Waals surface area contributed by atoms with Gasteiger partial charge in [0.2, 0.25) is 0 Å². The molecule has 0 spiro atoms. The van der Waals surface area contributed by atoms with Crippen molar-refractivity contribution in [3.05, 3.63) is 76.5 Å². The first-order chi connectivity index (χ1) is 11.1. The standard InChI is InChI=1S/C20H19NO2/c1-14-6-5-8-16(12-14)13-18-20(22)23-19(21-18)11-10-17-9-4-3-7-15(17)2/h3-9,12-13H,10-11H2,1-2H3/b18-13+. The maximum absolute atomic E-state index is 11.9. The number of hydrogen-bond donors (Lipinski definition) is 0. The van der Waals surface area contributed by atoms with Gasteiger partial charge in [-0.25, -0.2) is 9.79 Å². The molecule has 2 aromatic carbocycles. The summed E-state index contributed by atoms with van der Waals surface area (Å²) >= 11 is 0. The van der Waals surface area contributed by atoms with Gasteiger partial charge in [-0.2, -0.15) is 0 Å². The molecule has 0 N–H and O–H groups in total. The Morgan fingerprint density at radius 2 is 1.87 bits per heavy atom. The lowest BCUT2D eigenvalue weighted by Gasteiger charge is -2.04. The van der Waals surface area contributed by atoms with Crippen molar-refractivity contribution in [2.24, 2.45) is 4.99 Å². The second kappa shape index (κ2) is 6.61. The van der Waals surface area contributed by atoms with Crippen LogP contribution in [-0.2, 0) is 16.0 Å². The molecule has 0 atom stereocenters. The van der Waals surface area contributed by atoms with Crippen LogP contribution in [0.15, 0.2) is 59.2 Å². The van der Waals surface area contributed by atoms with Crippen LogP contribution in [0.1, 0.15) is 28.7 Å². The summed E-state index contributed by atoms with van der Waals surface area (Å²) in [4.78, 5) is 16.3. The normalized spacial score (nSPS) is 15.7. The van der Waals surface area contributed by atoms with E-state index < -0.39 is 0 Å². The molecule has 3 nitrogen and oxygen atoms in total. The van der Waals surface area contributed by atoms with Gasteiger partial charge in [-0.05, 0) is 43.0 Å². The summed E-state index contributed by atoms with van der Waals surface area (Å²) in [7, 11) is 0. The summed E-state index contributed by atoms with van der Waals surface area (Å²) in [5.41, 5.74) is 4.97. The fourth-order valence-electron chi connectivity index (χ4n) is 2.61. The molecular formula is C20H19NO2. The molecule has 116 valence electrons. The first kappa shape index (κ1) is 15.2. The zero-order valence-corrected chi connectivity index (χ0v) is 13.4. The van der Waals surface area contributed by atoms with Crippen LogP contribution >= 0.6 is 0 Å². The second-order valence-corrected chi connectivity index (χ2v) is 5.77. The highest BCUT2D eigenvalue weighted by Gasteiger charge is 2.22. The molecule has 23 heavy (non-hydrogen) atoms. The van der Waals surface area contributed by atoms with Crippen molar-refractivity contribution < 1.29 is 9.53 Å². The molecule has 0 aromatic heterocycles. The Hall–Kier alpha value is -2.68. The number of aliphatic imine (C=N–C) groups is 1. The summed E-state index contributed by atoms with van der Waals surface area (Å²) in [5, 5.41) is 0. The van der Waals surface area contributed by atoms with Crippen LogP contribution in [0.2, 0.25) is 0 Å². The van der Waals surface area contributed by atoms with Gasteiger partial charge in [0.25, 0.3) is 0 Å². The van der Waals surface area contributed by atoms with Crippen LogP contribution in [0, 0.1) is 13.8 Å². The van der Waals surface area contributed by atoms with Crippen molar-refractivity contribution in [1.29, 1.82) is 0 Å². The highest BCUT2D eigenvalue weighted by atomic mass is 16.6. The van der Waals surface area contributed by atoms with E-state index in [0.29, 0.717) is 18.0 Å². The van der Waals surface area contributed by atoms with Crippen molar-refractivity contribution in [3.63, 3.8) is 0 Å². The van der Waals surface area contributed by atoms with Crippen molar-refractivity contribution in [3.8, 4) is 0 Å². The van der Waals surface area contributed by atoms with E-state index in [2.05, 4.69) is 24.0 Å². The first-order valence-electron chi connectivity index (χ1n) is 7.74. The van der Waals surface area contributed by atoms with Crippen molar-refractivity contribution in [1.82, 2.24) is 0 Å². The molecular weight excluding hydrogens is 286 g/mol. The van der Waals surface area contributed by atoms with Crippen molar-refractivity contribution in [2.45, 2.75) is 26.7 Å². The molecule has 3 rings (SSSR count). The molecule has 0 fully saturated rings. The number of rotatable bonds is 4. The monoisotopic (exact) mass is 305 g/mol. The summed E-state index contributed by atoms with van der Waals surface area (Å²) < 4.78 is 5.28. The van der Waals surface area contributed by atoms with E-state index in [4.69, 9.17) is 4.74 Å². The van der Waals surface area contributed by atoms with Gasteiger partial charge in [0, 0.05) is 6.42 Å². The summed E-state index contributed by atoms with van der Waals surface area (Å²) in [6, 6.07) is 16.2. The SMILES string of the molecule is Cc1cccc(/C=C2/N=C(CCc3ccccc3C)OC2=O)c1. The molecule has 0 radical (unpaired) electrons. The third-order valence-corrected chi connectivity index (χ3v) is 3.88. The predicted molar refractivity (Wildman–Crippen MR) is 92.2 cm³/mol. The molecule has 0 unspecified atom stereocenters. The highest BCUT2D eigenvalue weighted by Crippen LogP contribution is 2.19. The van der Waals surface area contributed by atoms with E-state index in [-0.39, 0.29) is 5.97 Å². The van der Waals surface area contributed by atoms with Gasteiger partial charge in [-0.1, -0.05) is 54.1 Å². The Balaban J connectivity index is 1.73. The number of hydrogen-bond acceptors (Lipinski definition) is 3. The van der Waals surface area contributed by atoms with Crippen molar-refractivity contribution >= 4 is 17.9 Å². The topological polar surface area (TPSA) is 38.7 Å². The van der Waals surface area contributed by atoms with E-state index >= 15 is 0 Å². The predicted octanol–water partition coefficient (Wildman–Crippen LogP) is 4.23. The lowest BCUT2D eigenvalue weighted by Crippen LogP contribution is -2.05. The molecule has 0 bridgehead atoms. The van der Waals surface area contributed by atoms with E-state index in [1.165, 1.54) is 11.1 Å². The lowest BCUT2D eigenvalue weighted by molar-refractivity contribution is -0.130. The maximum Gasteiger partial charge on any atom is 0.363 e.